The van der Waals surface area contributed by atoms with E-state index in [9.17, 15) is 4.79 Å². The van der Waals surface area contributed by atoms with Crippen molar-refractivity contribution in [3.63, 3.8) is 0 Å². The lowest BCUT2D eigenvalue weighted by molar-refractivity contribution is -0.124. The van der Waals surface area contributed by atoms with Crippen LogP contribution in [0, 0.1) is 17.8 Å². The summed E-state index contributed by atoms with van der Waals surface area (Å²) in [5.41, 5.74) is 0.0388. The summed E-state index contributed by atoms with van der Waals surface area (Å²) in [7, 11) is 0. The minimum absolute atomic E-state index is 0.0388. The largest absolute Gasteiger partial charge is 0.350 e. The molecule has 2 fully saturated rings. The molecule has 1 N–H and O–H groups in total. The topological polar surface area (TPSA) is 29.1 Å². The second-order valence-corrected chi connectivity index (χ2v) is 6.48. The number of halogens is 1. The minimum Gasteiger partial charge on any atom is -0.350 e. The maximum absolute atomic E-state index is 12.0. The molecule has 0 saturated heterocycles. The number of hydrogen-bond acceptors (Lipinski definition) is 1. The first-order valence-electron chi connectivity index (χ1n) is 6.44. The Morgan fingerprint density at radius 1 is 1.50 bits per heavy atom. The van der Waals surface area contributed by atoms with E-state index in [1.807, 2.05) is 0 Å². The summed E-state index contributed by atoms with van der Waals surface area (Å²) in [5, 5.41) is 4.22. The van der Waals surface area contributed by atoms with Gasteiger partial charge in [0.2, 0.25) is 5.91 Å². The Labute approximate surface area is 107 Å². The molecule has 1 amide bonds. The van der Waals surface area contributed by atoms with Crippen LogP contribution in [-0.4, -0.2) is 16.8 Å². The molecule has 0 aromatic rings. The van der Waals surface area contributed by atoms with Crippen molar-refractivity contribution in [3.05, 3.63) is 0 Å². The highest BCUT2D eigenvalue weighted by atomic mass is 79.9. The van der Waals surface area contributed by atoms with Crippen molar-refractivity contribution in [2.75, 3.05) is 5.33 Å². The first-order valence-corrected chi connectivity index (χ1v) is 7.56. The van der Waals surface area contributed by atoms with Crippen LogP contribution >= 0.6 is 15.9 Å². The van der Waals surface area contributed by atoms with Crippen molar-refractivity contribution in [3.8, 4) is 0 Å². The predicted molar refractivity (Wildman–Crippen MR) is 69.6 cm³/mol. The average molecular weight is 288 g/mol. The van der Waals surface area contributed by atoms with Gasteiger partial charge in [0, 0.05) is 16.8 Å². The molecule has 0 radical (unpaired) electrons. The van der Waals surface area contributed by atoms with E-state index in [0.29, 0.717) is 17.7 Å². The molecule has 3 heteroatoms. The van der Waals surface area contributed by atoms with E-state index >= 15 is 0 Å². The lowest BCUT2D eigenvalue weighted by Gasteiger charge is -2.39. The second kappa shape index (κ2) is 4.67. The van der Waals surface area contributed by atoms with E-state index in [1.165, 1.54) is 12.8 Å². The van der Waals surface area contributed by atoms with Gasteiger partial charge < -0.3 is 5.32 Å². The van der Waals surface area contributed by atoms with Crippen LogP contribution in [0.15, 0.2) is 0 Å². The summed E-state index contributed by atoms with van der Waals surface area (Å²) in [6, 6.07) is 0. The van der Waals surface area contributed by atoms with Crippen LogP contribution in [-0.2, 0) is 4.79 Å². The number of carbonyl (C=O) groups is 1. The van der Waals surface area contributed by atoms with Crippen LogP contribution in [0.4, 0.5) is 0 Å². The van der Waals surface area contributed by atoms with Gasteiger partial charge in [-0.1, -0.05) is 42.6 Å². The van der Waals surface area contributed by atoms with Gasteiger partial charge >= 0.3 is 0 Å². The molecule has 2 aliphatic carbocycles. The van der Waals surface area contributed by atoms with Crippen LogP contribution < -0.4 is 5.32 Å². The zero-order chi connectivity index (χ0) is 11.8. The quantitative estimate of drug-likeness (QED) is 0.794. The molecule has 2 nitrogen and oxygen atoms in total. The normalized spacial score (nSPS) is 42.8. The Balaban J connectivity index is 1.95. The van der Waals surface area contributed by atoms with Gasteiger partial charge in [0.15, 0.2) is 0 Å². The molecule has 2 aliphatic rings. The van der Waals surface area contributed by atoms with Crippen molar-refractivity contribution in [2.45, 2.75) is 51.5 Å². The number of carbonyl (C=O) groups excluding carboxylic acids is 1. The molecular weight excluding hydrogens is 266 g/mol. The SMILES string of the molecule is CC1CCCC(CBr)(NC(=O)C2CC2C)C1. The molecule has 2 rings (SSSR count). The van der Waals surface area contributed by atoms with Gasteiger partial charge in [0.1, 0.15) is 0 Å². The van der Waals surface area contributed by atoms with Gasteiger partial charge in [-0.25, -0.2) is 0 Å². The number of nitrogens with one attached hydrogen (secondary N) is 1. The number of amides is 1. The Hall–Kier alpha value is -0.0500. The highest BCUT2D eigenvalue weighted by Gasteiger charge is 2.43. The standard InChI is InChI=1S/C13H22BrNO/c1-9-4-3-5-13(7-9,8-14)15-12(16)11-6-10(11)2/h9-11H,3-8H2,1-2H3,(H,15,16). The summed E-state index contributed by atoms with van der Waals surface area (Å²) >= 11 is 3.59. The van der Waals surface area contributed by atoms with E-state index in [-0.39, 0.29) is 5.54 Å². The number of rotatable bonds is 3. The first kappa shape index (κ1) is 12.4. The second-order valence-electron chi connectivity index (χ2n) is 5.92. The lowest BCUT2D eigenvalue weighted by atomic mass is 9.77. The predicted octanol–water partition coefficient (Wildman–Crippen LogP) is 3.10. The summed E-state index contributed by atoms with van der Waals surface area (Å²) in [5.74, 6) is 1.94. The fourth-order valence-corrected chi connectivity index (χ4v) is 3.62. The Morgan fingerprint density at radius 2 is 2.19 bits per heavy atom. The zero-order valence-electron chi connectivity index (χ0n) is 10.3. The van der Waals surface area contributed by atoms with Crippen molar-refractivity contribution >= 4 is 21.8 Å². The summed E-state index contributed by atoms with van der Waals surface area (Å²) < 4.78 is 0. The Bertz CT molecular complexity index is 281. The highest BCUT2D eigenvalue weighted by molar-refractivity contribution is 9.09. The van der Waals surface area contributed by atoms with Crippen LogP contribution in [0.3, 0.4) is 0 Å². The van der Waals surface area contributed by atoms with Gasteiger partial charge in [-0.05, 0) is 31.1 Å². The fraction of sp³-hybridized carbons (Fsp3) is 0.923. The first-order chi connectivity index (χ1) is 7.56. The van der Waals surface area contributed by atoms with E-state index < -0.39 is 0 Å². The lowest BCUT2D eigenvalue weighted by Crippen LogP contribution is -2.53. The third kappa shape index (κ3) is 2.61. The van der Waals surface area contributed by atoms with Crippen molar-refractivity contribution < 1.29 is 4.79 Å². The van der Waals surface area contributed by atoms with Gasteiger partial charge in [-0.3, -0.25) is 4.79 Å². The molecule has 16 heavy (non-hydrogen) atoms. The smallest absolute Gasteiger partial charge is 0.223 e. The third-order valence-corrected chi connectivity index (χ3v) is 5.26. The highest BCUT2D eigenvalue weighted by Crippen LogP contribution is 2.40. The molecule has 2 saturated carbocycles. The van der Waals surface area contributed by atoms with E-state index in [0.717, 1.165) is 30.5 Å². The average Bonchev–Trinajstić information content (AvgIpc) is 2.95. The minimum atomic E-state index is 0.0388. The molecular formula is C13H22BrNO. The van der Waals surface area contributed by atoms with E-state index in [4.69, 9.17) is 0 Å². The third-order valence-electron chi connectivity index (χ3n) is 4.18. The van der Waals surface area contributed by atoms with Crippen LogP contribution in [0.1, 0.15) is 46.0 Å². The Kier molecular flexibility index (Phi) is 3.62. The molecule has 4 atom stereocenters. The number of hydrogen-bond donors (Lipinski definition) is 1. The maximum Gasteiger partial charge on any atom is 0.223 e. The molecule has 4 unspecified atom stereocenters. The fourth-order valence-electron chi connectivity index (χ4n) is 2.97. The molecule has 0 aromatic carbocycles. The summed E-state index contributed by atoms with van der Waals surface area (Å²) in [6.45, 7) is 4.46. The molecule has 0 bridgehead atoms. The van der Waals surface area contributed by atoms with Crippen LogP contribution in [0.5, 0.6) is 0 Å². The van der Waals surface area contributed by atoms with Gasteiger partial charge in [0.05, 0.1) is 0 Å². The summed E-state index contributed by atoms with van der Waals surface area (Å²) in [6.07, 6.45) is 5.90. The van der Waals surface area contributed by atoms with Crippen molar-refractivity contribution in [1.82, 2.24) is 5.32 Å². The van der Waals surface area contributed by atoms with Gasteiger partial charge in [0.25, 0.3) is 0 Å². The molecule has 0 aliphatic heterocycles. The zero-order valence-corrected chi connectivity index (χ0v) is 11.8. The van der Waals surface area contributed by atoms with Gasteiger partial charge in [-0.2, -0.15) is 0 Å². The van der Waals surface area contributed by atoms with Crippen molar-refractivity contribution in [2.24, 2.45) is 17.8 Å². The summed E-state index contributed by atoms with van der Waals surface area (Å²) in [4.78, 5) is 12.0. The molecule has 0 heterocycles. The van der Waals surface area contributed by atoms with E-state index in [2.05, 4.69) is 35.1 Å². The molecule has 0 spiro atoms. The van der Waals surface area contributed by atoms with Crippen LogP contribution in [0.2, 0.25) is 0 Å². The molecule has 92 valence electrons. The maximum atomic E-state index is 12.0. The van der Waals surface area contributed by atoms with Crippen LogP contribution in [0.25, 0.3) is 0 Å². The monoisotopic (exact) mass is 287 g/mol. The van der Waals surface area contributed by atoms with Gasteiger partial charge in [-0.15, -0.1) is 0 Å². The Morgan fingerprint density at radius 3 is 2.69 bits per heavy atom. The van der Waals surface area contributed by atoms with E-state index in [1.54, 1.807) is 0 Å². The number of alkyl halides is 1. The molecule has 0 aromatic heterocycles. The van der Waals surface area contributed by atoms with Crippen molar-refractivity contribution in [1.29, 1.82) is 0 Å².